The van der Waals surface area contributed by atoms with E-state index < -0.39 is 5.97 Å². The van der Waals surface area contributed by atoms with Crippen molar-refractivity contribution < 1.29 is 19.4 Å². The lowest BCUT2D eigenvalue weighted by Crippen LogP contribution is -2.27. The van der Waals surface area contributed by atoms with Crippen LogP contribution < -0.4 is 4.74 Å². The van der Waals surface area contributed by atoms with E-state index in [2.05, 4.69) is 57.2 Å². The van der Waals surface area contributed by atoms with Gasteiger partial charge in [0.05, 0.1) is 6.42 Å². The number of carboxylic acid groups (broad SMARTS) is 1. The normalized spacial score (nSPS) is 16.7. The third kappa shape index (κ3) is 5.45. The van der Waals surface area contributed by atoms with Gasteiger partial charge in [0.1, 0.15) is 5.75 Å². The summed E-state index contributed by atoms with van der Waals surface area (Å²) in [7, 11) is 3.46. The van der Waals surface area contributed by atoms with Gasteiger partial charge in [0, 0.05) is 20.0 Å². The number of rotatable bonds is 9. The van der Waals surface area contributed by atoms with Gasteiger partial charge < -0.3 is 14.7 Å². The number of hydrogen-bond donors (Lipinski definition) is 1. The Kier molecular flexibility index (Phi) is 7.28. The van der Waals surface area contributed by atoms with Crippen molar-refractivity contribution >= 4 is 11.9 Å². The molecule has 1 unspecified atom stereocenters. The minimum Gasteiger partial charge on any atom is -0.484 e. The van der Waals surface area contributed by atoms with E-state index in [-0.39, 0.29) is 30.3 Å². The van der Waals surface area contributed by atoms with Gasteiger partial charge in [-0.05, 0) is 120 Å². The van der Waals surface area contributed by atoms with E-state index >= 15 is 0 Å². The van der Waals surface area contributed by atoms with Crippen molar-refractivity contribution in [2.45, 2.75) is 65.2 Å². The first-order chi connectivity index (χ1) is 18.6. The van der Waals surface area contributed by atoms with Crippen LogP contribution >= 0.6 is 0 Å². The molecule has 3 aromatic carbocycles. The minimum absolute atomic E-state index is 0.0314. The standard InChI is InChI=1S/C34H39NO4/c1-21-15-27(39-20-31(36)35(4)5)16-22(2)33(21)28-8-6-7-25(23(28)3)11-9-24-10-12-29-26(17-24)19-34(13-14-34)30(29)18-32(37)38/h6-8,10,12,15-17,30H,9,11,13-14,18-20H2,1-5H3,(H,37,38). The summed E-state index contributed by atoms with van der Waals surface area (Å²) in [5.74, 6) is 0.140. The molecular weight excluding hydrogens is 486 g/mol. The summed E-state index contributed by atoms with van der Waals surface area (Å²) in [5.41, 5.74) is 11.5. The molecule has 1 fully saturated rings. The molecule has 2 aliphatic carbocycles. The van der Waals surface area contributed by atoms with Crippen LogP contribution in [-0.4, -0.2) is 42.6 Å². The van der Waals surface area contributed by atoms with Gasteiger partial charge >= 0.3 is 5.97 Å². The van der Waals surface area contributed by atoms with E-state index in [0.29, 0.717) is 5.75 Å². The van der Waals surface area contributed by atoms with Crippen molar-refractivity contribution in [2.75, 3.05) is 20.7 Å². The number of fused-ring (bicyclic) bond motifs is 1. The minimum atomic E-state index is -0.689. The number of hydrogen-bond acceptors (Lipinski definition) is 3. The van der Waals surface area contributed by atoms with E-state index in [0.717, 1.165) is 43.2 Å². The molecule has 1 saturated carbocycles. The van der Waals surface area contributed by atoms with Crippen LogP contribution in [0.5, 0.6) is 5.75 Å². The molecule has 0 saturated heterocycles. The first-order valence-corrected chi connectivity index (χ1v) is 13.9. The van der Waals surface area contributed by atoms with Gasteiger partial charge in [-0.2, -0.15) is 0 Å². The van der Waals surface area contributed by atoms with E-state index in [1.54, 1.807) is 14.1 Å². The summed E-state index contributed by atoms with van der Waals surface area (Å²) in [6.07, 6.45) is 5.50. The lowest BCUT2D eigenvalue weighted by Gasteiger charge is -2.18. The zero-order valence-electron chi connectivity index (χ0n) is 23.8. The SMILES string of the molecule is Cc1cc(OCC(=O)N(C)C)cc(C)c1-c1cccc(CCc2ccc3c(c2)CC2(CC2)C3CC(=O)O)c1C. The Balaban J connectivity index is 1.32. The number of nitrogens with zero attached hydrogens (tertiary/aromatic N) is 1. The highest BCUT2D eigenvalue weighted by Gasteiger charge is 2.54. The highest BCUT2D eigenvalue weighted by atomic mass is 16.5. The summed E-state index contributed by atoms with van der Waals surface area (Å²) in [4.78, 5) is 25.0. The molecule has 3 aromatic rings. The molecule has 0 aromatic heterocycles. The smallest absolute Gasteiger partial charge is 0.303 e. The molecule has 39 heavy (non-hydrogen) atoms. The second-order valence-corrected chi connectivity index (χ2v) is 11.8. The summed E-state index contributed by atoms with van der Waals surface area (Å²) in [5, 5.41) is 9.44. The van der Waals surface area contributed by atoms with Crippen LogP contribution in [-0.2, 0) is 28.9 Å². The van der Waals surface area contributed by atoms with Crippen molar-refractivity contribution in [3.63, 3.8) is 0 Å². The van der Waals surface area contributed by atoms with Crippen molar-refractivity contribution in [1.82, 2.24) is 4.90 Å². The fourth-order valence-electron chi connectivity index (χ4n) is 6.54. The van der Waals surface area contributed by atoms with Crippen molar-refractivity contribution in [2.24, 2.45) is 5.41 Å². The lowest BCUT2D eigenvalue weighted by atomic mass is 9.86. The number of aryl methyl sites for hydroxylation is 4. The Morgan fingerprint density at radius 3 is 2.36 bits per heavy atom. The van der Waals surface area contributed by atoms with Gasteiger partial charge in [-0.3, -0.25) is 9.59 Å². The maximum absolute atomic E-state index is 11.9. The van der Waals surface area contributed by atoms with Gasteiger partial charge in [0.15, 0.2) is 6.61 Å². The molecule has 5 heteroatoms. The topological polar surface area (TPSA) is 66.8 Å². The molecule has 0 aliphatic heterocycles. The molecule has 5 nitrogen and oxygen atoms in total. The molecule has 1 atom stereocenters. The molecule has 1 amide bonds. The first kappa shape index (κ1) is 27.0. The highest BCUT2D eigenvalue weighted by Crippen LogP contribution is 2.64. The Bertz CT molecular complexity index is 1410. The van der Waals surface area contributed by atoms with Gasteiger partial charge in [-0.1, -0.05) is 36.4 Å². The second kappa shape index (κ2) is 10.5. The number of aliphatic carboxylic acids is 1. The van der Waals surface area contributed by atoms with E-state index in [4.69, 9.17) is 4.74 Å². The molecule has 0 radical (unpaired) electrons. The summed E-state index contributed by atoms with van der Waals surface area (Å²) < 4.78 is 5.78. The molecule has 0 bridgehead atoms. The number of benzene rings is 3. The molecule has 0 heterocycles. The van der Waals surface area contributed by atoms with Crippen LogP contribution in [0.25, 0.3) is 11.1 Å². The van der Waals surface area contributed by atoms with Gasteiger partial charge in [-0.15, -0.1) is 0 Å². The fraction of sp³-hybridized carbons (Fsp3) is 0.412. The summed E-state index contributed by atoms with van der Waals surface area (Å²) in [6.45, 7) is 6.44. The van der Waals surface area contributed by atoms with E-state index in [9.17, 15) is 14.7 Å². The average molecular weight is 526 g/mol. The quantitative estimate of drug-likeness (QED) is 0.350. The number of likely N-dealkylation sites (N-methyl/N-ethyl adjacent to an activating group) is 1. The number of carbonyl (C=O) groups excluding carboxylic acids is 1. The zero-order chi connectivity index (χ0) is 27.9. The summed E-state index contributed by atoms with van der Waals surface area (Å²) in [6, 6.07) is 17.4. The number of carbonyl (C=O) groups is 2. The van der Waals surface area contributed by atoms with Crippen LogP contribution in [0.2, 0.25) is 0 Å². The van der Waals surface area contributed by atoms with E-state index in [1.165, 1.54) is 43.8 Å². The number of carboxylic acids is 1. The number of amides is 1. The largest absolute Gasteiger partial charge is 0.484 e. The molecule has 1 N–H and O–H groups in total. The Morgan fingerprint density at radius 1 is 1.00 bits per heavy atom. The Labute approximate surface area is 231 Å². The van der Waals surface area contributed by atoms with Crippen molar-refractivity contribution in [3.05, 3.63) is 87.5 Å². The van der Waals surface area contributed by atoms with Crippen LogP contribution in [0.4, 0.5) is 0 Å². The average Bonchev–Trinajstić information content (AvgIpc) is 3.59. The fourth-order valence-corrected chi connectivity index (χ4v) is 6.54. The highest BCUT2D eigenvalue weighted by molar-refractivity contribution is 5.78. The van der Waals surface area contributed by atoms with E-state index in [1.807, 2.05) is 12.1 Å². The monoisotopic (exact) mass is 525 g/mol. The molecule has 204 valence electrons. The maximum Gasteiger partial charge on any atom is 0.303 e. The second-order valence-electron chi connectivity index (χ2n) is 11.8. The summed E-state index contributed by atoms with van der Waals surface area (Å²) >= 11 is 0. The Morgan fingerprint density at radius 2 is 1.72 bits per heavy atom. The Hall–Kier alpha value is -3.60. The molecule has 2 aliphatic rings. The van der Waals surface area contributed by atoms with Crippen LogP contribution in [0.3, 0.4) is 0 Å². The third-order valence-corrected chi connectivity index (χ3v) is 8.90. The van der Waals surface area contributed by atoms with Crippen molar-refractivity contribution in [3.8, 4) is 16.9 Å². The van der Waals surface area contributed by atoms with Crippen LogP contribution in [0, 0.1) is 26.2 Å². The third-order valence-electron chi connectivity index (χ3n) is 8.90. The van der Waals surface area contributed by atoms with Crippen LogP contribution in [0.1, 0.15) is 64.1 Å². The van der Waals surface area contributed by atoms with Gasteiger partial charge in [0.25, 0.3) is 5.91 Å². The lowest BCUT2D eigenvalue weighted by molar-refractivity contribution is -0.137. The molecular formula is C34H39NO4. The molecule has 5 rings (SSSR count). The van der Waals surface area contributed by atoms with Gasteiger partial charge in [-0.25, -0.2) is 0 Å². The molecule has 1 spiro atoms. The van der Waals surface area contributed by atoms with Crippen molar-refractivity contribution in [1.29, 1.82) is 0 Å². The predicted molar refractivity (Wildman–Crippen MR) is 154 cm³/mol. The van der Waals surface area contributed by atoms with Gasteiger partial charge in [0.2, 0.25) is 0 Å². The number of ether oxygens (including phenoxy) is 1. The predicted octanol–water partition coefficient (Wildman–Crippen LogP) is 6.43. The first-order valence-electron chi connectivity index (χ1n) is 13.9. The maximum atomic E-state index is 11.9. The van der Waals surface area contributed by atoms with Crippen LogP contribution in [0.15, 0.2) is 48.5 Å². The zero-order valence-corrected chi connectivity index (χ0v) is 23.8.